The van der Waals surface area contributed by atoms with Crippen molar-refractivity contribution in [2.75, 3.05) is 31.1 Å². The van der Waals surface area contributed by atoms with Crippen LogP contribution in [-0.2, 0) is 6.54 Å². The van der Waals surface area contributed by atoms with E-state index in [0.29, 0.717) is 28.6 Å². The molecule has 3 aromatic carbocycles. The van der Waals surface area contributed by atoms with Crippen LogP contribution < -0.4 is 15.8 Å². The van der Waals surface area contributed by atoms with Gasteiger partial charge in [-0.2, -0.15) is 0 Å². The SMILES string of the molecule is CC[C@H](NC(=O)c1c(CN2CCCN(c3ncccn3)CC2)n(-c2ccccc2)c(=O)c2ccccc12)c1ccccc1. The zero-order chi connectivity index (χ0) is 29.6. The van der Waals surface area contributed by atoms with Crippen molar-refractivity contribution in [1.82, 2.24) is 24.8 Å². The molecule has 0 aliphatic carbocycles. The Morgan fingerprint density at radius 2 is 1.49 bits per heavy atom. The number of carbonyl (C=O) groups excluding carboxylic acids is 1. The molecular formula is C35H36N6O2. The Kier molecular flexibility index (Phi) is 8.56. The normalized spacial score (nSPS) is 14.8. The van der Waals surface area contributed by atoms with Crippen molar-refractivity contribution in [2.45, 2.75) is 32.4 Å². The lowest BCUT2D eigenvalue weighted by molar-refractivity contribution is 0.0934. The van der Waals surface area contributed by atoms with Crippen molar-refractivity contribution in [2.24, 2.45) is 0 Å². The van der Waals surface area contributed by atoms with E-state index >= 15 is 0 Å². The highest BCUT2D eigenvalue weighted by Gasteiger charge is 2.27. The molecule has 1 N–H and O–H groups in total. The molecule has 1 fully saturated rings. The second kappa shape index (κ2) is 13.0. The number of amides is 1. The number of carbonyl (C=O) groups is 1. The zero-order valence-corrected chi connectivity index (χ0v) is 24.4. The molecule has 1 aliphatic heterocycles. The first-order valence-corrected chi connectivity index (χ1v) is 15.0. The minimum absolute atomic E-state index is 0.127. The van der Waals surface area contributed by atoms with E-state index < -0.39 is 0 Å². The number of para-hydroxylation sites is 1. The zero-order valence-electron chi connectivity index (χ0n) is 24.4. The number of rotatable bonds is 8. The predicted molar refractivity (Wildman–Crippen MR) is 171 cm³/mol. The van der Waals surface area contributed by atoms with Crippen molar-refractivity contribution < 1.29 is 4.79 Å². The van der Waals surface area contributed by atoms with Gasteiger partial charge in [0, 0.05) is 61.6 Å². The monoisotopic (exact) mass is 572 g/mol. The topological polar surface area (TPSA) is 83.4 Å². The van der Waals surface area contributed by atoms with Crippen LogP contribution in [0.4, 0.5) is 5.95 Å². The second-order valence-electron chi connectivity index (χ2n) is 10.9. The predicted octanol–water partition coefficient (Wildman–Crippen LogP) is 5.37. The molecule has 0 radical (unpaired) electrons. The van der Waals surface area contributed by atoms with E-state index in [2.05, 4.69) is 32.0 Å². The van der Waals surface area contributed by atoms with Gasteiger partial charge >= 0.3 is 0 Å². The molecule has 1 amide bonds. The van der Waals surface area contributed by atoms with Crippen LogP contribution in [-0.4, -0.2) is 51.5 Å². The molecule has 1 aliphatic rings. The maximum Gasteiger partial charge on any atom is 0.263 e. The molecule has 8 heteroatoms. The van der Waals surface area contributed by atoms with Gasteiger partial charge in [-0.3, -0.25) is 19.1 Å². The van der Waals surface area contributed by atoms with Gasteiger partial charge in [0.1, 0.15) is 0 Å². The summed E-state index contributed by atoms with van der Waals surface area (Å²) in [6, 6.07) is 28.8. The minimum atomic E-state index is -0.180. The van der Waals surface area contributed by atoms with E-state index in [9.17, 15) is 9.59 Å². The van der Waals surface area contributed by atoms with Crippen LogP contribution in [0.3, 0.4) is 0 Å². The van der Waals surface area contributed by atoms with E-state index in [1.807, 2.05) is 91.0 Å². The molecule has 1 saturated heterocycles. The summed E-state index contributed by atoms with van der Waals surface area (Å²) in [5.41, 5.74) is 2.90. The summed E-state index contributed by atoms with van der Waals surface area (Å²) in [7, 11) is 0. The van der Waals surface area contributed by atoms with Gasteiger partial charge in [-0.25, -0.2) is 9.97 Å². The average molecular weight is 573 g/mol. The number of hydrogen-bond donors (Lipinski definition) is 1. The Balaban J connectivity index is 1.44. The summed E-state index contributed by atoms with van der Waals surface area (Å²) in [5, 5.41) is 4.51. The molecule has 43 heavy (non-hydrogen) atoms. The van der Waals surface area contributed by atoms with Crippen LogP contribution in [0.2, 0.25) is 0 Å². The summed E-state index contributed by atoms with van der Waals surface area (Å²) in [6.45, 7) is 5.68. The summed E-state index contributed by atoms with van der Waals surface area (Å²) >= 11 is 0. The number of fused-ring (bicyclic) bond motifs is 1. The molecule has 0 bridgehead atoms. The maximum absolute atomic E-state index is 14.4. The van der Waals surface area contributed by atoms with Gasteiger partial charge in [-0.15, -0.1) is 0 Å². The fourth-order valence-corrected chi connectivity index (χ4v) is 5.98. The molecule has 218 valence electrons. The highest BCUT2D eigenvalue weighted by Crippen LogP contribution is 2.26. The summed E-state index contributed by atoms with van der Waals surface area (Å²) in [4.78, 5) is 42.0. The first-order chi connectivity index (χ1) is 21.1. The van der Waals surface area contributed by atoms with Gasteiger partial charge in [-0.1, -0.05) is 73.7 Å². The minimum Gasteiger partial charge on any atom is -0.345 e. The molecule has 8 nitrogen and oxygen atoms in total. The summed E-state index contributed by atoms with van der Waals surface area (Å²) in [6.07, 6.45) is 5.19. The van der Waals surface area contributed by atoms with E-state index in [4.69, 9.17) is 0 Å². The fraction of sp³-hybridized carbons (Fsp3) is 0.257. The largest absolute Gasteiger partial charge is 0.345 e. The van der Waals surface area contributed by atoms with Gasteiger partial charge in [-0.05, 0) is 42.7 Å². The lowest BCUT2D eigenvalue weighted by atomic mass is 9.99. The Bertz CT molecular complexity index is 1740. The lowest BCUT2D eigenvalue weighted by Crippen LogP contribution is -2.36. The quantitative estimate of drug-likeness (QED) is 0.269. The lowest BCUT2D eigenvalue weighted by Gasteiger charge is -2.27. The average Bonchev–Trinajstić information content (AvgIpc) is 3.30. The summed E-state index contributed by atoms with van der Waals surface area (Å²) in [5.74, 6) is 0.545. The van der Waals surface area contributed by atoms with Crippen LogP contribution in [0.5, 0.6) is 0 Å². The highest BCUT2D eigenvalue weighted by atomic mass is 16.2. The van der Waals surface area contributed by atoms with Crippen LogP contribution in [0.25, 0.3) is 16.5 Å². The third-order valence-corrected chi connectivity index (χ3v) is 8.14. The molecule has 1 atom stereocenters. The molecular weight excluding hydrogens is 536 g/mol. The second-order valence-corrected chi connectivity index (χ2v) is 10.9. The van der Waals surface area contributed by atoms with Crippen molar-refractivity contribution in [3.63, 3.8) is 0 Å². The van der Waals surface area contributed by atoms with Crippen LogP contribution >= 0.6 is 0 Å². The van der Waals surface area contributed by atoms with E-state index in [1.165, 1.54) is 0 Å². The van der Waals surface area contributed by atoms with E-state index in [0.717, 1.165) is 56.2 Å². The van der Waals surface area contributed by atoms with E-state index in [1.54, 1.807) is 17.0 Å². The van der Waals surface area contributed by atoms with E-state index in [-0.39, 0.29) is 17.5 Å². The molecule has 0 saturated carbocycles. The summed E-state index contributed by atoms with van der Waals surface area (Å²) < 4.78 is 1.74. The Labute approximate surface area is 251 Å². The van der Waals surface area contributed by atoms with Gasteiger partial charge in [0.15, 0.2) is 0 Å². The number of anilines is 1. The molecule has 2 aromatic heterocycles. The molecule has 0 spiro atoms. The standard InChI is InChI=1S/C35H36N6O2/c1-2-30(26-13-5-3-6-14-26)38-33(42)32-28-17-9-10-18-29(28)34(43)41(27-15-7-4-8-16-27)31(32)25-39-21-12-22-40(24-23-39)35-36-19-11-20-37-35/h3-11,13-20,30H,2,12,21-25H2,1H3,(H,38,42)/t30-/m0/s1. The van der Waals surface area contributed by atoms with Crippen LogP contribution in [0.1, 0.15) is 47.4 Å². The number of hydrogen-bond acceptors (Lipinski definition) is 6. The third-order valence-electron chi connectivity index (χ3n) is 8.14. The fourth-order valence-electron chi connectivity index (χ4n) is 5.98. The number of benzene rings is 3. The number of nitrogens with one attached hydrogen (secondary N) is 1. The number of aromatic nitrogens is 3. The Morgan fingerprint density at radius 3 is 2.21 bits per heavy atom. The van der Waals surface area contributed by atoms with Crippen molar-refractivity contribution in [3.05, 3.63) is 131 Å². The number of pyridine rings is 1. The van der Waals surface area contributed by atoms with Crippen LogP contribution in [0, 0.1) is 0 Å². The smallest absolute Gasteiger partial charge is 0.263 e. The molecule has 3 heterocycles. The number of nitrogens with zero attached hydrogens (tertiary/aromatic N) is 5. The third kappa shape index (κ3) is 6.05. The maximum atomic E-state index is 14.4. The molecule has 6 rings (SSSR count). The van der Waals surface area contributed by atoms with Crippen molar-refractivity contribution in [3.8, 4) is 5.69 Å². The highest BCUT2D eigenvalue weighted by molar-refractivity contribution is 6.08. The van der Waals surface area contributed by atoms with Gasteiger partial charge in [0.2, 0.25) is 5.95 Å². The Morgan fingerprint density at radius 1 is 0.814 bits per heavy atom. The van der Waals surface area contributed by atoms with Crippen molar-refractivity contribution >= 4 is 22.6 Å². The molecule has 0 unspecified atom stereocenters. The van der Waals surface area contributed by atoms with Gasteiger partial charge in [0.25, 0.3) is 11.5 Å². The van der Waals surface area contributed by atoms with Gasteiger partial charge < -0.3 is 10.2 Å². The van der Waals surface area contributed by atoms with Crippen molar-refractivity contribution in [1.29, 1.82) is 0 Å². The molecule has 5 aromatic rings. The first kappa shape index (κ1) is 28.3. The first-order valence-electron chi connectivity index (χ1n) is 15.0. The van der Waals surface area contributed by atoms with Crippen LogP contribution in [0.15, 0.2) is 108 Å². The Hall–Kier alpha value is -4.82. The van der Waals surface area contributed by atoms with Gasteiger partial charge in [0.05, 0.1) is 17.3 Å².